The van der Waals surface area contributed by atoms with Gasteiger partial charge in [-0.3, -0.25) is 14.5 Å². The van der Waals surface area contributed by atoms with Crippen molar-refractivity contribution in [1.29, 1.82) is 0 Å². The molecule has 1 saturated carbocycles. The van der Waals surface area contributed by atoms with E-state index < -0.39 is 0 Å². The number of likely N-dealkylation sites (tertiary alicyclic amines) is 1. The summed E-state index contributed by atoms with van der Waals surface area (Å²) in [4.78, 5) is 42.4. The van der Waals surface area contributed by atoms with E-state index in [1.807, 2.05) is 21.6 Å². The largest absolute Gasteiger partial charge is 0.396 e. The van der Waals surface area contributed by atoms with Crippen LogP contribution in [0.25, 0.3) is 11.1 Å². The van der Waals surface area contributed by atoms with Crippen molar-refractivity contribution < 1.29 is 9.90 Å². The molecule has 6 rings (SSSR count). The summed E-state index contributed by atoms with van der Waals surface area (Å²) in [5.74, 6) is 0.563. The molecule has 0 unspecified atom stereocenters. The molecule has 4 atom stereocenters. The third-order valence-corrected chi connectivity index (χ3v) is 9.07. The molecule has 1 N–H and O–H groups in total. The van der Waals surface area contributed by atoms with E-state index in [-0.39, 0.29) is 42.0 Å². The van der Waals surface area contributed by atoms with Crippen LogP contribution in [-0.2, 0) is 11.3 Å². The fourth-order valence-corrected chi connectivity index (χ4v) is 7.16. The van der Waals surface area contributed by atoms with Crippen molar-refractivity contribution in [3.8, 4) is 11.1 Å². The van der Waals surface area contributed by atoms with Crippen LogP contribution in [0.2, 0.25) is 0 Å². The number of hydrogen-bond donors (Lipinski definition) is 1. The second-order valence-corrected chi connectivity index (χ2v) is 11.1. The number of amides is 1. The average molecular weight is 493 g/mol. The third-order valence-electron chi connectivity index (χ3n) is 9.07. The van der Waals surface area contributed by atoms with E-state index in [4.69, 9.17) is 0 Å². The molecule has 2 aromatic heterocycles. The summed E-state index contributed by atoms with van der Waals surface area (Å²) in [5, 5.41) is 10.6. The summed E-state index contributed by atoms with van der Waals surface area (Å²) in [5.41, 5.74) is 2.22. The Kier molecular flexibility index (Phi) is 6.39. The van der Waals surface area contributed by atoms with Gasteiger partial charge in [-0.2, -0.15) is 0 Å². The molecular formula is C27H36N6O3. The summed E-state index contributed by atoms with van der Waals surface area (Å²) < 4.78 is 1.87. The fraction of sp³-hybridized carbons (Fsp3) is 0.630. The first-order valence-electron chi connectivity index (χ1n) is 13.4. The number of fused-ring (bicyclic) bond motifs is 3. The minimum Gasteiger partial charge on any atom is -0.396 e. The highest BCUT2D eigenvalue weighted by Gasteiger charge is 2.56. The van der Waals surface area contributed by atoms with Gasteiger partial charge in [0.05, 0.1) is 17.6 Å². The number of carbonyl (C=O) groups excluding carboxylic acids is 1. The predicted molar refractivity (Wildman–Crippen MR) is 135 cm³/mol. The maximum absolute atomic E-state index is 14.0. The van der Waals surface area contributed by atoms with E-state index >= 15 is 0 Å². The molecule has 3 fully saturated rings. The lowest BCUT2D eigenvalue weighted by molar-refractivity contribution is -0.140. The van der Waals surface area contributed by atoms with Crippen LogP contribution in [0.3, 0.4) is 0 Å². The van der Waals surface area contributed by atoms with E-state index in [2.05, 4.69) is 26.8 Å². The van der Waals surface area contributed by atoms with Crippen LogP contribution in [0.5, 0.6) is 0 Å². The number of rotatable bonds is 5. The lowest BCUT2D eigenvalue weighted by Gasteiger charge is -2.39. The molecule has 0 aromatic carbocycles. The smallest absolute Gasteiger partial charge is 0.258 e. The van der Waals surface area contributed by atoms with Gasteiger partial charge in [0.1, 0.15) is 6.33 Å². The highest BCUT2D eigenvalue weighted by molar-refractivity contribution is 5.83. The van der Waals surface area contributed by atoms with Crippen LogP contribution in [0.15, 0.2) is 35.6 Å². The molecule has 0 bridgehead atoms. The topological polar surface area (TPSA) is 94.8 Å². The van der Waals surface area contributed by atoms with Gasteiger partial charge < -0.3 is 19.5 Å². The Morgan fingerprint density at radius 2 is 1.81 bits per heavy atom. The summed E-state index contributed by atoms with van der Waals surface area (Å²) in [7, 11) is 2.09. The fourth-order valence-electron chi connectivity index (χ4n) is 7.16. The molecule has 9 nitrogen and oxygen atoms in total. The molecule has 3 aliphatic heterocycles. The number of hydrogen-bond acceptors (Lipinski definition) is 7. The second-order valence-electron chi connectivity index (χ2n) is 11.1. The van der Waals surface area contributed by atoms with Crippen molar-refractivity contribution in [1.82, 2.24) is 29.2 Å². The van der Waals surface area contributed by atoms with Gasteiger partial charge in [0, 0.05) is 81.4 Å². The highest BCUT2D eigenvalue weighted by Crippen LogP contribution is 2.50. The molecule has 1 amide bonds. The standard InChI is InChI=1S/C27H36N6O3/c1-30-8-10-31(11-9-30)27(36)25-22(16-34)21-15-32-23(24(21)33(25)14-18-4-2-3-5-18)7-6-20(26(32)35)19-12-28-17-29-13-19/h6-7,12-13,17-18,21-22,24-25,34H,2-5,8-11,14-16H2,1H3/t21-,22-,24+,25-/m0/s1. The molecule has 0 spiro atoms. The second kappa shape index (κ2) is 9.68. The Hall–Kier alpha value is -2.62. The van der Waals surface area contributed by atoms with Crippen LogP contribution in [0.1, 0.15) is 37.4 Å². The highest BCUT2D eigenvalue weighted by atomic mass is 16.3. The maximum atomic E-state index is 14.0. The number of pyridine rings is 1. The summed E-state index contributed by atoms with van der Waals surface area (Å²) >= 11 is 0. The van der Waals surface area contributed by atoms with Crippen LogP contribution in [0, 0.1) is 17.8 Å². The van der Waals surface area contributed by atoms with E-state index in [1.54, 1.807) is 12.4 Å². The average Bonchev–Trinajstić information content (AvgIpc) is 3.61. The Bertz CT molecular complexity index is 1160. The van der Waals surface area contributed by atoms with Crippen molar-refractivity contribution >= 4 is 5.91 Å². The molecule has 5 heterocycles. The Balaban J connectivity index is 1.37. The van der Waals surface area contributed by atoms with E-state index in [0.717, 1.165) is 38.4 Å². The van der Waals surface area contributed by atoms with Crippen molar-refractivity contribution in [2.45, 2.75) is 44.3 Å². The summed E-state index contributed by atoms with van der Waals surface area (Å²) in [6.45, 7) is 4.55. The van der Waals surface area contributed by atoms with Gasteiger partial charge in [-0.05, 0) is 37.9 Å². The first-order chi connectivity index (χ1) is 17.6. The zero-order valence-corrected chi connectivity index (χ0v) is 21.0. The third kappa shape index (κ3) is 3.97. The van der Waals surface area contributed by atoms with Gasteiger partial charge in [0.25, 0.3) is 5.56 Å². The zero-order valence-electron chi connectivity index (χ0n) is 21.0. The first kappa shape index (κ1) is 23.8. The quantitative estimate of drug-likeness (QED) is 0.671. The van der Waals surface area contributed by atoms with Gasteiger partial charge in [-0.15, -0.1) is 0 Å². The van der Waals surface area contributed by atoms with Gasteiger partial charge >= 0.3 is 0 Å². The maximum Gasteiger partial charge on any atom is 0.258 e. The molecule has 2 saturated heterocycles. The minimum absolute atomic E-state index is 0.0297. The van der Waals surface area contributed by atoms with Gasteiger partial charge in [-0.25, -0.2) is 9.97 Å². The number of nitrogens with zero attached hydrogens (tertiary/aromatic N) is 6. The molecule has 192 valence electrons. The number of aliphatic hydroxyl groups is 1. The van der Waals surface area contributed by atoms with Crippen LogP contribution >= 0.6 is 0 Å². The van der Waals surface area contributed by atoms with Crippen molar-refractivity contribution in [2.24, 2.45) is 17.8 Å². The normalized spacial score (nSPS) is 29.0. The van der Waals surface area contributed by atoms with Crippen molar-refractivity contribution in [3.63, 3.8) is 0 Å². The van der Waals surface area contributed by atoms with Crippen LogP contribution < -0.4 is 5.56 Å². The Morgan fingerprint density at radius 3 is 2.50 bits per heavy atom. The molecular weight excluding hydrogens is 456 g/mol. The van der Waals surface area contributed by atoms with E-state index in [9.17, 15) is 14.7 Å². The zero-order chi connectivity index (χ0) is 24.8. The number of aromatic nitrogens is 3. The van der Waals surface area contributed by atoms with Crippen LogP contribution in [0.4, 0.5) is 0 Å². The monoisotopic (exact) mass is 492 g/mol. The molecule has 2 aromatic rings. The van der Waals surface area contributed by atoms with Gasteiger partial charge in [0.15, 0.2) is 0 Å². The van der Waals surface area contributed by atoms with Gasteiger partial charge in [0.2, 0.25) is 5.91 Å². The number of piperazine rings is 1. The van der Waals surface area contributed by atoms with Crippen molar-refractivity contribution in [3.05, 3.63) is 46.9 Å². The van der Waals surface area contributed by atoms with Gasteiger partial charge in [-0.1, -0.05) is 12.8 Å². The summed E-state index contributed by atoms with van der Waals surface area (Å²) in [6, 6.07) is 3.57. The Labute approximate surface area is 211 Å². The van der Waals surface area contributed by atoms with Crippen molar-refractivity contribution in [2.75, 3.05) is 46.4 Å². The van der Waals surface area contributed by atoms with E-state index in [0.29, 0.717) is 23.6 Å². The molecule has 9 heteroatoms. The lowest BCUT2D eigenvalue weighted by Crippen LogP contribution is -2.55. The lowest BCUT2D eigenvalue weighted by atomic mass is 9.88. The molecule has 4 aliphatic rings. The number of aliphatic hydroxyl groups excluding tert-OH is 1. The first-order valence-corrected chi connectivity index (χ1v) is 13.4. The predicted octanol–water partition coefficient (Wildman–Crippen LogP) is 1.23. The van der Waals surface area contributed by atoms with E-state index in [1.165, 1.54) is 32.0 Å². The SMILES string of the molecule is CN1CCN(C(=O)[C@@H]2[C@@H](CO)[C@@H]3Cn4c(ccc(-c5cncnc5)c4=O)[C@@H]3N2CC2CCCC2)CC1. The van der Waals surface area contributed by atoms with Crippen LogP contribution in [-0.4, -0.2) is 92.7 Å². The molecule has 1 aliphatic carbocycles. The molecule has 0 radical (unpaired) electrons. The number of likely N-dealkylation sites (N-methyl/N-ethyl adjacent to an activating group) is 1. The molecule has 36 heavy (non-hydrogen) atoms. The summed E-state index contributed by atoms with van der Waals surface area (Å²) in [6.07, 6.45) is 9.65. The minimum atomic E-state index is -0.333. The number of carbonyl (C=O) groups is 1. The Morgan fingerprint density at radius 1 is 1.08 bits per heavy atom.